The van der Waals surface area contributed by atoms with Gasteiger partial charge in [0.1, 0.15) is 6.04 Å². The second-order valence-electron chi connectivity index (χ2n) is 8.83. The van der Waals surface area contributed by atoms with Gasteiger partial charge in [-0.05, 0) is 49.4 Å². The van der Waals surface area contributed by atoms with Crippen molar-refractivity contribution in [3.05, 3.63) is 74.2 Å². The van der Waals surface area contributed by atoms with Gasteiger partial charge in [-0.15, -0.1) is 0 Å². The number of hydrogen-bond acceptors (Lipinski definition) is 6. The molecule has 2 aromatic carbocycles. The molecule has 0 saturated carbocycles. The molecule has 0 spiro atoms. The Labute approximate surface area is 206 Å². The molecule has 1 unspecified atom stereocenters. The Morgan fingerprint density at radius 1 is 1.11 bits per heavy atom. The quantitative estimate of drug-likeness (QED) is 0.203. The average Bonchev–Trinajstić information content (AvgIpc) is 3.11. The van der Waals surface area contributed by atoms with Crippen LogP contribution in [0.5, 0.6) is 0 Å². The van der Waals surface area contributed by atoms with Crippen LogP contribution in [0.4, 0.5) is 5.69 Å². The van der Waals surface area contributed by atoms with Gasteiger partial charge in [0, 0.05) is 37.7 Å². The van der Waals surface area contributed by atoms with E-state index in [0.717, 1.165) is 36.8 Å². The lowest BCUT2D eigenvalue weighted by Crippen LogP contribution is -2.44. The molecular formula is C25H27N5O6. The van der Waals surface area contributed by atoms with Gasteiger partial charge in [-0.3, -0.25) is 38.9 Å². The van der Waals surface area contributed by atoms with Crippen molar-refractivity contribution < 1.29 is 19.3 Å². The molecule has 2 N–H and O–H groups in total. The highest BCUT2D eigenvalue weighted by molar-refractivity contribution is 6.00. The smallest absolute Gasteiger partial charge is 0.329 e. The fraction of sp³-hybridized carbons (Fsp3) is 0.360. The summed E-state index contributed by atoms with van der Waals surface area (Å²) in [6.07, 6.45) is 3.65. The number of aromatic nitrogens is 2. The second-order valence-corrected chi connectivity index (χ2v) is 8.83. The molecule has 1 aromatic heterocycles. The third kappa shape index (κ3) is 5.04. The number of nitro benzene ring substituents is 1. The maximum absolute atomic E-state index is 13.0. The van der Waals surface area contributed by atoms with Crippen LogP contribution in [0, 0.1) is 10.1 Å². The van der Waals surface area contributed by atoms with E-state index in [2.05, 4.69) is 10.6 Å². The van der Waals surface area contributed by atoms with Crippen molar-refractivity contribution in [1.82, 2.24) is 19.8 Å². The lowest BCUT2D eigenvalue weighted by molar-refractivity contribution is -0.384. The van der Waals surface area contributed by atoms with Gasteiger partial charge in [-0.2, -0.15) is 0 Å². The Hall–Kier alpha value is -4.28. The van der Waals surface area contributed by atoms with Gasteiger partial charge in [-0.1, -0.05) is 18.6 Å². The van der Waals surface area contributed by atoms with Crippen molar-refractivity contribution in [1.29, 1.82) is 0 Å². The number of benzene rings is 2. The lowest BCUT2D eigenvalue weighted by Gasteiger charge is -2.21. The van der Waals surface area contributed by atoms with E-state index in [0.29, 0.717) is 24.0 Å². The van der Waals surface area contributed by atoms with E-state index < -0.39 is 16.9 Å². The molecule has 1 saturated heterocycles. The number of rotatable bonds is 9. The number of hydrogen-bond donors (Lipinski definition) is 2. The van der Waals surface area contributed by atoms with E-state index in [1.165, 1.54) is 28.8 Å². The van der Waals surface area contributed by atoms with Crippen LogP contribution in [0.3, 0.4) is 0 Å². The Kier molecular flexibility index (Phi) is 7.28. The number of fused-ring (bicyclic) bond motifs is 1. The molecule has 0 bridgehead atoms. The first-order chi connectivity index (χ1) is 17.3. The standard InChI is InChI=1S/C25H27N5O6/c1-28-22-16(6-3-2-4-15-26-23(32)17-9-11-18(12-10-17)30(35)36)7-5-8-19(22)29(25(28)34)20-13-14-21(31)27-24(20)33/h5,7-12,20H,2-4,6,13-15H2,1H3,(H,26,32)(H,27,31,33). The number of nitrogens with zero attached hydrogens (tertiary/aromatic N) is 3. The molecule has 4 rings (SSSR count). The maximum Gasteiger partial charge on any atom is 0.329 e. The molecule has 0 radical (unpaired) electrons. The molecule has 1 aliphatic heterocycles. The van der Waals surface area contributed by atoms with Crippen LogP contribution in [0.25, 0.3) is 11.0 Å². The van der Waals surface area contributed by atoms with E-state index in [9.17, 15) is 29.3 Å². The summed E-state index contributed by atoms with van der Waals surface area (Å²) < 4.78 is 3.03. The van der Waals surface area contributed by atoms with Crippen molar-refractivity contribution in [3.8, 4) is 0 Å². The Balaban J connectivity index is 1.34. The number of aryl methyl sites for hydroxylation is 2. The molecular weight excluding hydrogens is 466 g/mol. The summed E-state index contributed by atoms with van der Waals surface area (Å²) in [5.41, 5.74) is 2.46. The van der Waals surface area contributed by atoms with Gasteiger partial charge in [-0.25, -0.2) is 4.79 Å². The minimum atomic E-state index is -0.714. The number of nitrogens with one attached hydrogen (secondary N) is 2. The average molecular weight is 494 g/mol. The van der Waals surface area contributed by atoms with Crippen molar-refractivity contribution in [2.45, 2.75) is 44.6 Å². The molecule has 1 aliphatic rings. The summed E-state index contributed by atoms with van der Waals surface area (Å²) in [6, 6.07) is 10.4. The van der Waals surface area contributed by atoms with Gasteiger partial charge in [0.2, 0.25) is 11.8 Å². The normalized spacial score (nSPS) is 15.6. The summed E-state index contributed by atoms with van der Waals surface area (Å²) in [4.78, 5) is 59.3. The number of carbonyl (C=O) groups excluding carboxylic acids is 3. The molecule has 3 aromatic rings. The van der Waals surface area contributed by atoms with Crippen molar-refractivity contribution >= 4 is 34.4 Å². The van der Waals surface area contributed by atoms with Gasteiger partial charge in [0.25, 0.3) is 11.6 Å². The fourth-order valence-electron chi connectivity index (χ4n) is 4.61. The summed E-state index contributed by atoms with van der Waals surface area (Å²) in [6.45, 7) is 0.477. The minimum absolute atomic E-state index is 0.0634. The van der Waals surface area contributed by atoms with Crippen LogP contribution in [0.15, 0.2) is 47.3 Å². The fourth-order valence-corrected chi connectivity index (χ4v) is 4.61. The largest absolute Gasteiger partial charge is 0.352 e. The zero-order valence-corrected chi connectivity index (χ0v) is 19.9. The number of carbonyl (C=O) groups is 3. The van der Waals surface area contributed by atoms with E-state index in [1.54, 1.807) is 11.6 Å². The predicted octanol–water partition coefficient (Wildman–Crippen LogP) is 2.37. The summed E-state index contributed by atoms with van der Waals surface area (Å²) in [5.74, 6) is -1.06. The molecule has 11 heteroatoms. The number of non-ortho nitro benzene ring substituents is 1. The van der Waals surface area contributed by atoms with Gasteiger partial charge in [0.05, 0.1) is 16.0 Å². The highest BCUT2D eigenvalue weighted by atomic mass is 16.6. The summed E-state index contributed by atoms with van der Waals surface area (Å²) in [5, 5.41) is 15.9. The van der Waals surface area contributed by atoms with Gasteiger partial charge < -0.3 is 5.32 Å². The van der Waals surface area contributed by atoms with Crippen LogP contribution in [-0.2, 0) is 23.1 Å². The molecule has 0 aliphatic carbocycles. The first kappa shape index (κ1) is 24.8. The number of nitro groups is 1. The molecule has 36 heavy (non-hydrogen) atoms. The van der Waals surface area contributed by atoms with E-state index in [4.69, 9.17) is 0 Å². The van der Waals surface area contributed by atoms with E-state index in [1.807, 2.05) is 18.2 Å². The number of imidazole rings is 1. The summed E-state index contributed by atoms with van der Waals surface area (Å²) >= 11 is 0. The third-order valence-corrected chi connectivity index (χ3v) is 6.46. The molecule has 2 heterocycles. The van der Waals surface area contributed by atoms with Gasteiger partial charge >= 0.3 is 5.69 Å². The highest BCUT2D eigenvalue weighted by Gasteiger charge is 2.31. The first-order valence-corrected chi connectivity index (χ1v) is 11.8. The topological polar surface area (TPSA) is 145 Å². The SMILES string of the molecule is Cn1c(=O)n(C2CCC(=O)NC2=O)c2cccc(CCCCCNC(=O)c3ccc([N+](=O)[O-])cc3)c21. The molecule has 11 nitrogen and oxygen atoms in total. The zero-order valence-electron chi connectivity index (χ0n) is 19.9. The van der Waals surface area contributed by atoms with Crippen molar-refractivity contribution in [2.75, 3.05) is 6.54 Å². The van der Waals surface area contributed by atoms with Crippen LogP contribution in [0.2, 0.25) is 0 Å². The number of amides is 3. The lowest BCUT2D eigenvalue weighted by atomic mass is 10.0. The van der Waals surface area contributed by atoms with Gasteiger partial charge in [0.15, 0.2) is 0 Å². The number of unbranched alkanes of at least 4 members (excludes halogenated alkanes) is 2. The van der Waals surface area contributed by atoms with Crippen molar-refractivity contribution in [2.24, 2.45) is 7.05 Å². The molecule has 1 fully saturated rings. The number of imide groups is 1. The Morgan fingerprint density at radius 3 is 2.56 bits per heavy atom. The van der Waals surface area contributed by atoms with E-state index in [-0.39, 0.29) is 29.6 Å². The Bertz CT molecular complexity index is 1390. The molecule has 1 atom stereocenters. The number of para-hydroxylation sites is 1. The third-order valence-electron chi connectivity index (χ3n) is 6.46. The molecule has 3 amide bonds. The van der Waals surface area contributed by atoms with Crippen LogP contribution in [-0.4, -0.2) is 38.3 Å². The molecule has 188 valence electrons. The van der Waals surface area contributed by atoms with Crippen LogP contribution >= 0.6 is 0 Å². The van der Waals surface area contributed by atoms with Crippen LogP contribution in [0.1, 0.15) is 54.1 Å². The maximum atomic E-state index is 13.0. The van der Waals surface area contributed by atoms with Crippen LogP contribution < -0.4 is 16.3 Å². The number of piperidine rings is 1. The van der Waals surface area contributed by atoms with E-state index >= 15 is 0 Å². The second kappa shape index (κ2) is 10.5. The minimum Gasteiger partial charge on any atom is -0.352 e. The highest BCUT2D eigenvalue weighted by Crippen LogP contribution is 2.25. The zero-order chi connectivity index (χ0) is 25.8. The first-order valence-electron chi connectivity index (χ1n) is 11.8. The monoisotopic (exact) mass is 493 g/mol. The predicted molar refractivity (Wildman–Crippen MR) is 132 cm³/mol. The Morgan fingerprint density at radius 2 is 1.86 bits per heavy atom. The van der Waals surface area contributed by atoms with Crippen molar-refractivity contribution in [3.63, 3.8) is 0 Å². The summed E-state index contributed by atoms with van der Waals surface area (Å²) in [7, 11) is 1.68.